The topological polar surface area (TPSA) is 24.8 Å². The Morgan fingerprint density at radius 1 is 1.30 bits per heavy atom. The van der Waals surface area contributed by atoms with Gasteiger partial charge in [-0.05, 0) is 64.6 Å². The molecular weight excluding hydrogens is 248 g/mol. The number of rotatable bonds is 4. The summed E-state index contributed by atoms with van der Waals surface area (Å²) in [6, 6.07) is 0.706. The van der Waals surface area contributed by atoms with Crippen LogP contribution in [-0.2, 0) is 4.74 Å². The molecule has 112 valence electrons. The minimum Gasteiger partial charge on any atom is -0.474 e. The van der Waals surface area contributed by atoms with Crippen LogP contribution in [0.1, 0.15) is 44.9 Å². The van der Waals surface area contributed by atoms with Crippen molar-refractivity contribution in [3.05, 3.63) is 23.8 Å². The molecule has 0 bridgehead atoms. The predicted octanol–water partition coefficient (Wildman–Crippen LogP) is 3.57. The largest absolute Gasteiger partial charge is 0.474 e. The van der Waals surface area contributed by atoms with Crippen molar-refractivity contribution in [3.8, 4) is 0 Å². The van der Waals surface area contributed by atoms with Gasteiger partial charge in [-0.1, -0.05) is 12.7 Å². The summed E-state index contributed by atoms with van der Waals surface area (Å²) in [6.07, 6.45) is 10.8. The molecule has 0 aromatic rings. The van der Waals surface area contributed by atoms with Gasteiger partial charge in [0.15, 0.2) is 0 Å². The first kappa shape index (κ1) is 15.3. The van der Waals surface area contributed by atoms with Gasteiger partial charge in [0, 0.05) is 18.7 Å². The van der Waals surface area contributed by atoms with Crippen LogP contribution in [0.25, 0.3) is 0 Å². The van der Waals surface area contributed by atoms with Gasteiger partial charge in [0.1, 0.15) is 6.10 Å². The van der Waals surface area contributed by atoms with Crippen LogP contribution in [0.5, 0.6) is 0 Å². The summed E-state index contributed by atoms with van der Waals surface area (Å²) in [6.45, 7) is 4.18. The highest BCUT2D eigenvalue weighted by atomic mass is 16.5. The number of ether oxygens (including phenoxy) is 1. The van der Waals surface area contributed by atoms with Crippen molar-refractivity contribution in [2.24, 2.45) is 4.99 Å². The van der Waals surface area contributed by atoms with Crippen LogP contribution in [0.4, 0.5) is 0 Å². The van der Waals surface area contributed by atoms with Crippen molar-refractivity contribution in [2.45, 2.75) is 57.1 Å². The second-order valence-electron chi connectivity index (χ2n) is 6.14. The third-order valence-corrected chi connectivity index (χ3v) is 4.54. The Balaban J connectivity index is 1.87. The van der Waals surface area contributed by atoms with E-state index in [-0.39, 0.29) is 0 Å². The lowest BCUT2D eigenvalue weighted by atomic mass is 9.92. The number of hydrogen-bond acceptors (Lipinski definition) is 3. The third-order valence-electron chi connectivity index (χ3n) is 4.54. The van der Waals surface area contributed by atoms with Gasteiger partial charge in [0.25, 0.3) is 0 Å². The first-order chi connectivity index (χ1) is 9.61. The molecule has 0 aliphatic heterocycles. The molecule has 20 heavy (non-hydrogen) atoms. The van der Waals surface area contributed by atoms with Gasteiger partial charge in [-0.15, -0.1) is 0 Å². The maximum Gasteiger partial charge on any atom is 0.215 e. The molecule has 0 radical (unpaired) electrons. The summed E-state index contributed by atoms with van der Waals surface area (Å²) in [5.74, 6) is 0.756. The summed E-state index contributed by atoms with van der Waals surface area (Å²) in [5, 5.41) is 0. The molecule has 3 heteroatoms. The first-order valence-electron chi connectivity index (χ1n) is 7.80. The van der Waals surface area contributed by atoms with Crippen molar-refractivity contribution in [1.82, 2.24) is 4.90 Å². The van der Waals surface area contributed by atoms with E-state index in [1.165, 1.54) is 31.3 Å². The van der Waals surface area contributed by atoms with E-state index in [9.17, 15) is 0 Å². The van der Waals surface area contributed by atoms with E-state index < -0.39 is 0 Å². The lowest BCUT2D eigenvalue weighted by Crippen LogP contribution is -2.35. The SMILES string of the molecule is C=C(C1=CCCC1)C(=NC)OC1CCC(N(C)C)CC1. The molecule has 0 atom stereocenters. The van der Waals surface area contributed by atoms with Crippen molar-refractivity contribution < 1.29 is 4.74 Å². The quantitative estimate of drug-likeness (QED) is 0.579. The number of nitrogens with zero attached hydrogens (tertiary/aromatic N) is 2. The summed E-state index contributed by atoms with van der Waals surface area (Å²) >= 11 is 0. The van der Waals surface area contributed by atoms with Gasteiger partial charge in [0.2, 0.25) is 5.90 Å². The average Bonchev–Trinajstić information content (AvgIpc) is 2.98. The molecule has 0 saturated heterocycles. The third kappa shape index (κ3) is 3.72. The number of allylic oxidation sites excluding steroid dienone is 1. The van der Waals surface area contributed by atoms with Gasteiger partial charge in [-0.2, -0.15) is 0 Å². The Labute approximate surface area is 123 Å². The predicted molar refractivity (Wildman–Crippen MR) is 85.2 cm³/mol. The maximum atomic E-state index is 6.13. The fraction of sp³-hybridized carbons (Fsp3) is 0.706. The van der Waals surface area contributed by atoms with E-state index in [0.29, 0.717) is 12.1 Å². The summed E-state index contributed by atoms with van der Waals surface area (Å²) < 4.78 is 6.13. The molecular formula is C17H28N2O. The maximum absolute atomic E-state index is 6.13. The fourth-order valence-corrected chi connectivity index (χ4v) is 3.18. The standard InChI is InChI=1S/C17H28N2O/c1-13(14-7-5-6-8-14)17(18-2)20-16-11-9-15(10-12-16)19(3)4/h7,15-16H,1,5-6,8-12H2,2-4H3. The minimum atomic E-state index is 0.309. The van der Waals surface area contributed by atoms with Crippen molar-refractivity contribution >= 4 is 5.90 Å². The zero-order valence-electron chi connectivity index (χ0n) is 13.2. The molecule has 0 aromatic carbocycles. The van der Waals surface area contributed by atoms with Gasteiger partial charge < -0.3 is 9.64 Å². The van der Waals surface area contributed by atoms with Crippen molar-refractivity contribution in [2.75, 3.05) is 21.1 Å². The zero-order valence-corrected chi connectivity index (χ0v) is 13.2. The Kier molecular flexibility index (Phi) is 5.41. The average molecular weight is 276 g/mol. The molecule has 1 fully saturated rings. The highest BCUT2D eigenvalue weighted by Gasteiger charge is 2.25. The zero-order chi connectivity index (χ0) is 14.5. The lowest BCUT2D eigenvalue weighted by Gasteiger charge is -2.33. The van der Waals surface area contributed by atoms with Crippen LogP contribution in [0, 0.1) is 0 Å². The van der Waals surface area contributed by atoms with Crippen LogP contribution >= 0.6 is 0 Å². The molecule has 0 aromatic heterocycles. The van der Waals surface area contributed by atoms with Crippen LogP contribution in [-0.4, -0.2) is 44.1 Å². The first-order valence-corrected chi connectivity index (χ1v) is 7.80. The molecule has 0 spiro atoms. The highest BCUT2D eigenvalue weighted by Crippen LogP contribution is 2.28. The Morgan fingerprint density at radius 2 is 2.00 bits per heavy atom. The van der Waals surface area contributed by atoms with Gasteiger partial charge in [0.05, 0.1) is 0 Å². The van der Waals surface area contributed by atoms with Crippen LogP contribution in [0.15, 0.2) is 28.8 Å². The molecule has 0 unspecified atom stereocenters. The smallest absolute Gasteiger partial charge is 0.215 e. The summed E-state index contributed by atoms with van der Waals surface area (Å²) in [7, 11) is 6.14. The van der Waals surface area contributed by atoms with Crippen LogP contribution in [0.3, 0.4) is 0 Å². The molecule has 2 aliphatic carbocycles. The normalized spacial score (nSPS) is 27.6. The van der Waals surface area contributed by atoms with E-state index in [4.69, 9.17) is 4.74 Å². The summed E-state index contributed by atoms with van der Waals surface area (Å²) in [5.41, 5.74) is 2.33. The lowest BCUT2D eigenvalue weighted by molar-refractivity contribution is 0.103. The minimum absolute atomic E-state index is 0.309. The molecule has 3 nitrogen and oxygen atoms in total. The van der Waals surface area contributed by atoms with Gasteiger partial charge >= 0.3 is 0 Å². The van der Waals surface area contributed by atoms with E-state index in [1.54, 1.807) is 0 Å². The molecule has 0 N–H and O–H groups in total. The molecule has 0 heterocycles. The highest BCUT2D eigenvalue weighted by molar-refractivity contribution is 5.97. The fourth-order valence-electron chi connectivity index (χ4n) is 3.18. The van der Waals surface area contributed by atoms with E-state index in [0.717, 1.165) is 30.7 Å². The number of hydrogen-bond donors (Lipinski definition) is 0. The molecule has 2 rings (SSSR count). The second-order valence-corrected chi connectivity index (χ2v) is 6.14. The molecule has 0 amide bonds. The van der Waals surface area contributed by atoms with E-state index in [2.05, 4.69) is 36.6 Å². The molecule has 1 saturated carbocycles. The summed E-state index contributed by atoms with van der Waals surface area (Å²) in [4.78, 5) is 6.65. The van der Waals surface area contributed by atoms with Gasteiger partial charge in [-0.3, -0.25) is 4.99 Å². The van der Waals surface area contributed by atoms with Crippen molar-refractivity contribution in [3.63, 3.8) is 0 Å². The van der Waals surface area contributed by atoms with Crippen LogP contribution in [0.2, 0.25) is 0 Å². The van der Waals surface area contributed by atoms with Crippen LogP contribution < -0.4 is 0 Å². The van der Waals surface area contributed by atoms with Crippen molar-refractivity contribution in [1.29, 1.82) is 0 Å². The molecule has 2 aliphatic rings. The Morgan fingerprint density at radius 3 is 2.50 bits per heavy atom. The second kappa shape index (κ2) is 7.07. The van der Waals surface area contributed by atoms with E-state index >= 15 is 0 Å². The number of aliphatic imine (C=N–C) groups is 1. The van der Waals surface area contributed by atoms with Gasteiger partial charge in [-0.25, -0.2) is 0 Å². The Hall–Kier alpha value is -1.09. The monoisotopic (exact) mass is 276 g/mol. The van der Waals surface area contributed by atoms with E-state index in [1.807, 2.05) is 7.05 Å². The Bertz CT molecular complexity index is 401.